The summed E-state index contributed by atoms with van der Waals surface area (Å²) in [7, 11) is 0. The molecule has 1 fully saturated rings. The highest BCUT2D eigenvalue weighted by Crippen LogP contribution is 2.20. The Kier molecular flexibility index (Phi) is 11.1. The molecule has 0 aromatic carbocycles. The molecule has 0 bridgehead atoms. The number of H-pyrrole nitrogens is 1. The van der Waals surface area contributed by atoms with E-state index < -0.39 is 42.0 Å². The first-order chi connectivity index (χ1) is 16.6. The Labute approximate surface area is 205 Å². The van der Waals surface area contributed by atoms with E-state index in [1.54, 1.807) is 0 Å². The summed E-state index contributed by atoms with van der Waals surface area (Å²) in [5.41, 5.74) is 12.1. The maximum atomic E-state index is 13.2. The SMILES string of the molecule is CC(C)CC(N)C(=O)N1CCCC1C(=O)NC(Cc1cnc[nH]1)C(=O)NC(CCCCN)C(=O)O. The molecule has 0 radical (unpaired) electrons. The molecule has 1 saturated heterocycles. The Morgan fingerprint density at radius 3 is 2.57 bits per heavy atom. The van der Waals surface area contributed by atoms with Crippen molar-refractivity contribution in [1.29, 1.82) is 0 Å². The minimum absolute atomic E-state index is 0.0836. The van der Waals surface area contributed by atoms with Gasteiger partial charge in [0.15, 0.2) is 0 Å². The zero-order valence-electron chi connectivity index (χ0n) is 20.5. The number of hydrogen-bond donors (Lipinski definition) is 6. The normalized spacial score (nSPS) is 18.2. The van der Waals surface area contributed by atoms with Crippen LogP contribution >= 0.6 is 0 Å². The second-order valence-corrected chi connectivity index (χ2v) is 9.45. The molecule has 1 aliphatic rings. The van der Waals surface area contributed by atoms with Crippen molar-refractivity contribution >= 4 is 23.7 Å². The number of imidazole rings is 1. The smallest absolute Gasteiger partial charge is 0.326 e. The molecule has 12 heteroatoms. The van der Waals surface area contributed by atoms with Crippen LogP contribution in [0.4, 0.5) is 0 Å². The van der Waals surface area contributed by atoms with Gasteiger partial charge in [0, 0.05) is 24.9 Å². The molecule has 2 rings (SSSR count). The van der Waals surface area contributed by atoms with E-state index in [-0.39, 0.29) is 24.7 Å². The van der Waals surface area contributed by atoms with Crippen LogP contribution in [-0.2, 0) is 25.6 Å². The van der Waals surface area contributed by atoms with E-state index in [4.69, 9.17) is 11.5 Å². The molecule has 4 atom stereocenters. The summed E-state index contributed by atoms with van der Waals surface area (Å²) in [5, 5.41) is 14.8. The number of carboxylic acids is 1. The van der Waals surface area contributed by atoms with Gasteiger partial charge in [-0.3, -0.25) is 14.4 Å². The van der Waals surface area contributed by atoms with Crippen LogP contribution in [0, 0.1) is 5.92 Å². The highest BCUT2D eigenvalue weighted by atomic mass is 16.4. The number of aliphatic carboxylic acids is 1. The minimum Gasteiger partial charge on any atom is -0.480 e. The predicted octanol–water partition coefficient (Wildman–Crippen LogP) is -0.500. The van der Waals surface area contributed by atoms with Crippen molar-refractivity contribution in [2.45, 2.75) is 83.0 Å². The summed E-state index contributed by atoms with van der Waals surface area (Å²) >= 11 is 0. The molecule has 1 aliphatic heterocycles. The molecule has 12 nitrogen and oxygen atoms in total. The van der Waals surface area contributed by atoms with Gasteiger partial charge in [-0.2, -0.15) is 0 Å². The lowest BCUT2D eigenvalue weighted by molar-refractivity contribution is -0.143. The van der Waals surface area contributed by atoms with Crippen molar-refractivity contribution in [2.75, 3.05) is 13.1 Å². The van der Waals surface area contributed by atoms with Crippen molar-refractivity contribution in [3.63, 3.8) is 0 Å². The van der Waals surface area contributed by atoms with Gasteiger partial charge in [0.1, 0.15) is 18.1 Å². The fourth-order valence-electron chi connectivity index (χ4n) is 4.24. The van der Waals surface area contributed by atoms with Gasteiger partial charge in [0.05, 0.1) is 12.4 Å². The molecule has 35 heavy (non-hydrogen) atoms. The predicted molar refractivity (Wildman–Crippen MR) is 129 cm³/mol. The second kappa shape index (κ2) is 13.8. The van der Waals surface area contributed by atoms with Crippen molar-refractivity contribution in [1.82, 2.24) is 25.5 Å². The number of carboxylic acid groups (broad SMARTS) is 1. The Balaban J connectivity index is 2.12. The largest absolute Gasteiger partial charge is 0.480 e. The molecule has 0 aliphatic carbocycles. The van der Waals surface area contributed by atoms with Crippen molar-refractivity contribution in [2.24, 2.45) is 17.4 Å². The zero-order valence-corrected chi connectivity index (χ0v) is 20.5. The topological polar surface area (TPSA) is 197 Å². The molecule has 4 unspecified atom stereocenters. The Hall–Kier alpha value is -2.99. The quantitative estimate of drug-likeness (QED) is 0.186. The number of carbonyl (C=O) groups is 4. The van der Waals surface area contributed by atoms with Gasteiger partial charge in [0.25, 0.3) is 0 Å². The first-order valence-electron chi connectivity index (χ1n) is 12.2. The first kappa shape index (κ1) is 28.2. The fourth-order valence-corrected chi connectivity index (χ4v) is 4.24. The number of aromatic amines is 1. The third-order valence-electron chi connectivity index (χ3n) is 6.05. The maximum absolute atomic E-state index is 13.2. The summed E-state index contributed by atoms with van der Waals surface area (Å²) in [4.78, 5) is 59.1. The Morgan fingerprint density at radius 2 is 1.97 bits per heavy atom. The van der Waals surface area contributed by atoms with Crippen LogP contribution in [-0.4, -0.2) is 80.9 Å². The number of hydrogen-bond acceptors (Lipinski definition) is 7. The van der Waals surface area contributed by atoms with E-state index in [0.717, 1.165) is 0 Å². The Morgan fingerprint density at radius 1 is 1.23 bits per heavy atom. The number of carbonyl (C=O) groups excluding carboxylic acids is 3. The zero-order chi connectivity index (χ0) is 26.0. The van der Waals surface area contributed by atoms with Crippen LogP contribution in [0.25, 0.3) is 0 Å². The number of aromatic nitrogens is 2. The summed E-state index contributed by atoms with van der Waals surface area (Å²) < 4.78 is 0. The molecular weight excluding hydrogens is 454 g/mol. The molecule has 1 aromatic heterocycles. The highest BCUT2D eigenvalue weighted by molar-refractivity contribution is 5.94. The molecular formula is C23H39N7O5. The van der Waals surface area contributed by atoms with Crippen LogP contribution < -0.4 is 22.1 Å². The van der Waals surface area contributed by atoms with Crippen LogP contribution in [0.5, 0.6) is 0 Å². The molecule has 196 valence electrons. The second-order valence-electron chi connectivity index (χ2n) is 9.45. The van der Waals surface area contributed by atoms with E-state index >= 15 is 0 Å². The standard InChI is InChI=1S/C23H39N7O5/c1-14(2)10-16(25)22(33)30-9-5-7-19(30)21(32)29-18(11-15-12-26-13-27-15)20(31)28-17(23(34)35)6-3-4-8-24/h12-14,16-19H,3-11,24-25H2,1-2H3,(H,26,27)(H,28,31)(H,29,32)(H,34,35). The number of nitrogens with one attached hydrogen (secondary N) is 3. The number of nitrogens with two attached hydrogens (primary N) is 2. The van der Waals surface area contributed by atoms with E-state index in [2.05, 4.69) is 20.6 Å². The maximum Gasteiger partial charge on any atom is 0.326 e. The van der Waals surface area contributed by atoms with E-state index in [1.807, 2.05) is 13.8 Å². The van der Waals surface area contributed by atoms with Crippen molar-refractivity contribution < 1.29 is 24.3 Å². The lowest BCUT2D eigenvalue weighted by Gasteiger charge is -2.29. The van der Waals surface area contributed by atoms with Gasteiger partial charge >= 0.3 is 5.97 Å². The number of rotatable bonds is 14. The first-order valence-corrected chi connectivity index (χ1v) is 12.2. The van der Waals surface area contributed by atoms with Crippen molar-refractivity contribution in [3.8, 4) is 0 Å². The van der Waals surface area contributed by atoms with Crippen LogP contribution in [0.3, 0.4) is 0 Å². The van der Waals surface area contributed by atoms with Crippen LogP contribution in [0.15, 0.2) is 12.5 Å². The van der Waals surface area contributed by atoms with Gasteiger partial charge in [-0.25, -0.2) is 9.78 Å². The summed E-state index contributed by atoms with van der Waals surface area (Å²) in [5.74, 6) is -2.30. The average molecular weight is 494 g/mol. The molecule has 1 aromatic rings. The van der Waals surface area contributed by atoms with Crippen LogP contribution in [0.1, 0.15) is 58.1 Å². The summed E-state index contributed by atoms with van der Waals surface area (Å²) in [6.45, 7) is 4.79. The van der Waals surface area contributed by atoms with Gasteiger partial charge < -0.3 is 37.1 Å². The lowest BCUT2D eigenvalue weighted by atomic mass is 10.0. The van der Waals surface area contributed by atoms with Crippen LogP contribution in [0.2, 0.25) is 0 Å². The van der Waals surface area contributed by atoms with E-state index in [9.17, 15) is 24.3 Å². The molecule has 0 spiro atoms. The van der Waals surface area contributed by atoms with E-state index in [1.165, 1.54) is 17.4 Å². The summed E-state index contributed by atoms with van der Waals surface area (Å²) in [6.07, 6.45) is 6.08. The highest BCUT2D eigenvalue weighted by Gasteiger charge is 2.38. The fraction of sp³-hybridized carbons (Fsp3) is 0.696. The molecule has 3 amide bonds. The van der Waals surface area contributed by atoms with Gasteiger partial charge in [0.2, 0.25) is 17.7 Å². The monoisotopic (exact) mass is 493 g/mol. The van der Waals surface area contributed by atoms with Crippen molar-refractivity contribution in [3.05, 3.63) is 18.2 Å². The number of nitrogens with zero attached hydrogens (tertiary/aromatic N) is 2. The Bertz CT molecular complexity index is 845. The average Bonchev–Trinajstić information content (AvgIpc) is 3.49. The number of amides is 3. The van der Waals surface area contributed by atoms with Gasteiger partial charge in [-0.1, -0.05) is 13.8 Å². The van der Waals surface area contributed by atoms with Gasteiger partial charge in [-0.15, -0.1) is 0 Å². The summed E-state index contributed by atoms with van der Waals surface area (Å²) in [6, 6.07) is -3.59. The molecule has 0 saturated carbocycles. The molecule has 2 heterocycles. The number of unbranched alkanes of at least 4 members (excludes halogenated alkanes) is 1. The third kappa shape index (κ3) is 8.62. The van der Waals surface area contributed by atoms with Gasteiger partial charge in [-0.05, 0) is 51.0 Å². The minimum atomic E-state index is -1.16. The van der Waals surface area contributed by atoms with E-state index in [0.29, 0.717) is 50.9 Å². The third-order valence-corrected chi connectivity index (χ3v) is 6.05. The lowest BCUT2D eigenvalue weighted by Crippen LogP contribution is -2.57. The number of likely N-dealkylation sites (tertiary alicyclic amines) is 1. The molecule has 8 N–H and O–H groups in total.